The maximum atomic E-state index is 4.46. The molecule has 0 aliphatic rings. The first-order valence-corrected chi connectivity index (χ1v) is 6.71. The van der Waals surface area contributed by atoms with Gasteiger partial charge in [-0.15, -0.1) is 0 Å². The molecule has 1 aromatic rings. The predicted octanol–water partition coefficient (Wildman–Crippen LogP) is 1.66. The normalized spacial score (nSPS) is 12.4. The molecule has 18 heavy (non-hydrogen) atoms. The number of nitrogens with one attached hydrogen (secondary N) is 1. The number of hydrogen-bond donors (Lipinski definition) is 1. The minimum absolute atomic E-state index is 0.287. The molecule has 0 amide bonds. The molecule has 0 aliphatic carbocycles. The average molecular weight is 252 g/mol. The first-order chi connectivity index (χ1) is 8.34. The number of aryl methyl sites for hydroxylation is 2. The van der Waals surface area contributed by atoms with Gasteiger partial charge in [-0.3, -0.25) is 4.68 Å². The fourth-order valence-corrected chi connectivity index (χ4v) is 2.35. The molecule has 0 radical (unpaired) electrons. The van der Waals surface area contributed by atoms with Crippen LogP contribution in [0.25, 0.3) is 0 Å². The van der Waals surface area contributed by atoms with Crippen LogP contribution in [0, 0.1) is 5.41 Å². The Hall–Kier alpha value is -0.870. The smallest absolute Gasteiger partial charge is 0.0625 e. The van der Waals surface area contributed by atoms with Gasteiger partial charge in [0.05, 0.1) is 11.4 Å². The van der Waals surface area contributed by atoms with Crippen LogP contribution in [0.1, 0.15) is 32.2 Å². The Balaban J connectivity index is 2.43. The fraction of sp³-hybridized carbons (Fsp3) is 0.786. The number of hydrogen-bond acceptors (Lipinski definition) is 3. The van der Waals surface area contributed by atoms with Crippen LogP contribution in [0.2, 0.25) is 0 Å². The van der Waals surface area contributed by atoms with Crippen LogP contribution in [-0.4, -0.2) is 41.9 Å². The summed E-state index contributed by atoms with van der Waals surface area (Å²) < 4.78 is 1.98. The molecule has 1 N–H and O–H groups in total. The van der Waals surface area contributed by atoms with E-state index in [0.717, 1.165) is 26.1 Å². The summed E-state index contributed by atoms with van der Waals surface area (Å²) in [5, 5.41) is 8.00. The standard InChI is InChI=1S/C14H28N4/c1-7-12-8-13(18(6)16-12)9-15-10-14(2,3)11-17(4)5/h8,15H,7,9-11H2,1-6H3. The van der Waals surface area contributed by atoms with Crippen molar-refractivity contribution in [2.24, 2.45) is 12.5 Å². The van der Waals surface area contributed by atoms with Gasteiger partial charge in [0, 0.05) is 26.7 Å². The summed E-state index contributed by atoms with van der Waals surface area (Å²) in [6, 6.07) is 2.19. The van der Waals surface area contributed by atoms with Gasteiger partial charge in [-0.1, -0.05) is 20.8 Å². The van der Waals surface area contributed by atoms with Crippen LogP contribution < -0.4 is 5.32 Å². The molecule has 1 aromatic heterocycles. The van der Waals surface area contributed by atoms with E-state index < -0.39 is 0 Å². The number of nitrogens with zero attached hydrogens (tertiary/aromatic N) is 3. The summed E-state index contributed by atoms with van der Waals surface area (Å²) in [7, 11) is 6.26. The summed E-state index contributed by atoms with van der Waals surface area (Å²) in [5.41, 5.74) is 2.71. The lowest BCUT2D eigenvalue weighted by Crippen LogP contribution is -2.37. The minimum Gasteiger partial charge on any atom is -0.311 e. The second-order valence-electron chi connectivity index (χ2n) is 6.11. The van der Waals surface area contributed by atoms with E-state index in [0.29, 0.717) is 0 Å². The van der Waals surface area contributed by atoms with Crippen molar-refractivity contribution < 1.29 is 0 Å². The molecule has 0 fully saturated rings. The summed E-state index contributed by atoms with van der Waals surface area (Å²) in [6.45, 7) is 9.71. The lowest BCUT2D eigenvalue weighted by atomic mass is 9.93. The minimum atomic E-state index is 0.287. The Morgan fingerprint density at radius 2 is 2.06 bits per heavy atom. The van der Waals surface area contributed by atoms with Crippen LogP contribution in [0.3, 0.4) is 0 Å². The third-order valence-corrected chi connectivity index (χ3v) is 3.04. The van der Waals surface area contributed by atoms with E-state index in [1.807, 2.05) is 11.7 Å². The van der Waals surface area contributed by atoms with Crippen molar-refractivity contribution >= 4 is 0 Å². The van der Waals surface area contributed by atoms with E-state index in [1.165, 1.54) is 11.4 Å². The monoisotopic (exact) mass is 252 g/mol. The molecule has 0 saturated heterocycles. The molecule has 1 rings (SSSR count). The van der Waals surface area contributed by atoms with Crippen LogP contribution in [0.15, 0.2) is 6.07 Å². The fourth-order valence-electron chi connectivity index (χ4n) is 2.35. The Bertz CT molecular complexity index is 366. The van der Waals surface area contributed by atoms with Gasteiger partial charge in [0.1, 0.15) is 0 Å². The highest BCUT2D eigenvalue weighted by Gasteiger charge is 2.18. The molecule has 0 unspecified atom stereocenters. The average Bonchev–Trinajstić information content (AvgIpc) is 2.57. The molecule has 4 nitrogen and oxygen atoms in total. The Kier molecular flexibility index (Phi) is 5.35. The zero-order chi connectivity index (χ0) is 13.8. The van der Waals surface area contributed by atoms with Gasteiger partial charge in [-0.25, -0.2) is 0 Å². The zero-order valence-electron chi connectivity index (χ0n) is 12.7. The highest BCUT2D eigenvalue weighted by molar-refractivity contribution is 5.09. The molecule has 0 saturated carbocycles. The topological polar surface area (TPSA) is 33.1 Å². The van der Waals surface area contributed by atoms with Crippen molar-refractivity contribution in [3.05, 3.63) is 17.5 Å². The van der Waals surface area contributed by atoms with E-state index in [9.17, 15) is 0 Å². The zero-order valence-corrected chi connectivity index (χ0v) is 12.7. The van der Waals surface area contributed by atoms with Crippen LogP contribution >= 0.6 is 0 Å². The van der Waals surface area contributed by atoms with Crippen molar-refractivity contribution in [3.8, 4) is 0 Å². The molecule has 0 aromatic carbocycles. The molecule has 1 heterocycles. The van der Waals surface area contributed by atoms with Crippen molar-refractivity contribution in [2.75, 3.05) is 27.2 Å². The van der Waals surface area contributed by atoms with E-state index in [1.54, 1.807) is 0 Å². The van der Waals surface area contributed by atoms with E-state index in [-0.39, 0.29) is 5.41 Å². The van der Waals surface area contributed by atoms with Gasteiger partial charge in [0.25, 0.3) is 0 Å². The highest BCUT2D eigenvalue weighted by Crippen LogP contribution is 2.14. The third-order valence-electron chi connectivity index (χ3n) is 3.04. The van der Waals surface area contributed by atoms with Crippen molar-refractivity contribution in [1.29, 1.82) is 0 Å². The van der Waals surface area contributed by atoms with Crippen molar-refractivity contribution in [3.63, 3.8) is 0 Å². The second kappa shape index (κ2) is 6.34. The molecule has 0 aliphatic heterocycles. The molecule has 4 heteroatoms. The second-order valence-corrected chi connectivity index (χ2v) is 6.11. The van der Waals surface area contributed by atoms with E-state index in [4.69, 9.17) is 0 Å². The van der Waals surface area contributed by atoms with Gasteiger partial charge in [-0.2, -0.15) is 5.10 Å². The first-order valence-electron chi connectivity index (χ1n) is 6.71. The number of aromatic nitrogens is 2. The Morgan fingerprint density at radius 3 is 2.56 bits per heavy atom. The summed E-state index contributed by atoms with van der Waals surface area (Å²) in [5.74, 6) is 0. The molecule has 104 valence electrons. The molecule has 0 atom stereocenters. The highest BCUT2D eigenvalue weighted by atomic mass is 15.3. The van der Waals surface area contributed by atoms with Crippen molar-refractivity contribution in [2.45, 2.75) is 33.7 Å². The quantitative estimate of drug-likeness (QED) is 0.801. The molecule has 0 spiro atoms. The third kappa shape index (κ3) is 4.78. The first kappa shape index (κ1) is 15.2. The van der Waals surface area contributed by atoms with Gasteiger partial charge in [-0.05, 0) is 32.0 Å². The van der Waals surface area contributed by atoms with Gasteiger partial charge < -0.3 is 10.2 Å². The summed E-state index contributed by atoms with van der Waals surface area (Å²) >= 11 is 0. The lowest BCUT2D eigenvalue weighted by molar-refractivity contribution is 0.231. The summed E-state index contributed by atoms with van der Waals surface area (Å²) in [4.78, 5) is 2.24. The Morgan fingerprint density at radius 1 is 1.39 bits per heavy atom. The number of rotatable bonds is 7. The van der Waals surface area contributed by atoms with Crippen LogP contribution in [-0.2, 0) is 20.0 Å². The maximum Gasteiger partial charge on any atom is 0.0625 e. The van der Waals surface area contributed by atoms with Crippen molar-refractivity contribution in [1.82, 2.24) is 20.0 Å². The molecular formula is C14H28N4. The van der Waals surface area contributed by atoms with E-state index in [2.05, 4.69) is 56.2 Å². The van der Waals surface area contributed by atoms with Crippen LogP contribution in [0.5, 0.6) is 0 Å². The van der Waals surface area contributed by atoms with E-state index >= 15 is 0 Å². The summed E-state index contributed by atoms with van der Waals surface area (Å²) in [6.07, 6.45) is 1.000. The Labute approximate surface area is 111 Å². The lowest BCUT2D eigenvalue weighted by Gasteiger charge is -2.28. The van der Waals surface area contributed by atoms with Crippen LogP contribution in [0.4, 0.5) is 0 Å². The van der Waals surface area contributed by atoms with Gasteiger partial charge in [0.2, 0.25) is 0 Å². The maximum absolute atomic E-state index is 4.46. The predicted molar refractivity (Wildman–Crippen MR) is 76.6 cm³/mol. The molecular weight excluding hydrogens is 224 g/mol. The molecule has 0 bridgehead atoms. The van der Waals surface area contributed by atoms with Gasteiger partial charge >= 0.3 is 0 Å². The largest absolute Gasteiger partial charge is 0.311 e. The van der Waals surface area contributed by atoms with Gasteiger partial charge in [0.15, 0.2) is 0 Å². The SMILES string of the molecule is CCc1cc(CNCC(C)(C)CN(C)C)n(C)n1.